The molecule has 1 unspecified atom stereocenters. The molecule has 1 N–H and O–H groups in total. The molecule has 1 amide bonds. The summed E-state index contributed by atoms with van der Waals surface area (Å²) >= 11 is 0. The van der Waals surface area contributed by atoms with Crippen LogP contribution in [0.15, 0.2) is 61.2 Å². The van der Waals surface area contributed by atoms with Crippen LogP contribution in [0.4, 0.5) is 5.69 Å². The second-order valence-electron chi connectivity index (χ2n) is 6.93. The van der Waals surface area contributed by atoms with E-state index < -0.39 is 0 Å². The maximum absolute atomic E-state index is 13.0. The summed E-state index contributed by atoms with van der Waals surface area (Å²) in [6, 6.07) is 10.9. The highest BCUT2D eigenvalue weighted by Gasteiger charge is 2.31. The smallest absolute Gasteiger partial charge is 0.241 e. The molecule has 7 nitrogen and oxygen atoms in total. The topological polar surface area (TPSA) is 72.3 Å². The monoisotopic (exact) mass is 377 g/mol. The van der Waals surface area contributed by atoms with Crippen molar-refractivity contribution in [2.75, 3.05) is 11.9 Å². The van der Waals surface area contributed by atoms with Gasteiger partial charge in [-0.15, -0.1) is 0 Å². The van der Waals surface area contributed by atoms with Crippen LogP contribution in [-0.2, 0) is 18.4 Å². The summed E-state index contributed by atoms with van der Waals surface area (Å²) < 4.78 is 7.68. The van der Waals surface area contributed by atoms with Gasteiger partial charge in [0, 0.05) is 31.5 Å². The van der Waals surface area contributed by atoms with Crippen LogP contribution in [0.5, 0.6) is 11.5 Å². The van der Waals surface area contributed by atoms with Crippen LogP contribution in [0.2, 0.25) is 0 Å². The number of likely N-dealkylation sites (tertiary alicyclic amines) is 1. The predicted octanol–water partition coefficient (Wildman–Crippen LogP) is 3.21. The second-order valence-corrected chi connectivity index (χ2v) is 6.93. The van der Waals surface area contributed by atoms with Crippen molar-refractivity contribution >= 4 is 11.6 Å². The van der Waals surface area contributed by atoms with Crippen LogP contribution in [0, 0.1) is 0 Å². The molecule has 1 saturated heterocycles. The zero-order valence-corrected chi connectivity index (χ0v) is 15.8. The van der Waals surface area contributed by atoms with Crippen molar-refractivity contribution in [2.24, 2.45) is 7.05 Å². The number of para-hydroxylation sites is 2. The molecule has 0 aliphatic carbocycles. The first-order valence-corrected chi connectivity index (χ1v) is 9.38. The zero-order valence-electron chi connectivity index (χ0n) is 15.8. The van der Waals surface area contributed by atoms with Gasteiger partial charge in [0.15, 0.2) is 5.75 Å². The van der Waals surface area contributed by atoms with E-state index in [2.05, 4.69) is 20.3 Å². The van der Waals surface area contributed by atoms with Crippen molar-refractivity contribution in [2.45, 2.75) is 25.4 Å². The van der Waals surface area contributed by atoms with E-state index in [-0.39, 0.29) is 11.9 Å². The van der Waals surface area contributed by atoms with Gasteiger partial charge in [-0.05, 0) is 43.7 Å². The molecule has 1 fully saturated rings. The summed E-state index contributed by atoms with van der Waals surface area (Å²) in [5.41, 5.74) is 1.77. The minimum atomic E-state index is -0.161. The minimum Gasteiger partial charge on any atom is -0.454 e. The Hall–Kier alpha value is -3.19. The highest BCUT2D eigenvalue weighted by Crippen LogP contribution is 2.30. The molecule has 1 aliphatic rings. The SMILES string of the molecule is Cn1cc(CN2CCCC2C(=O)Nc2ccccc2Oc2cccnc2)cn1. The Morgan fingerprint density at radius 3 is 2.93 bits per heavy atom. The summed E-state index contributed by atoms with van der Waals surface area (Å²) in [5, 5.41) is 7.26. The van der Waals surface area contributed by atoms with Gasteiger partial charge < -0.3 is 10.1 Å². The first-order valence-electron chi connectivity index (χ1n) is 9.38. The molecule has 1 atom stereocenters. The van der Waals surface area contributed by atoms with Crippen LogP contribution in [-0.4, -0.2) is 38.2 Å². The van der Waals surface area contributed by atoms with Gasteiger partial charge in [-0.25, -0.2) is 0 Å². The van der Waals surface area contributed by atoms with E-state index in [1.807, 2.05) is 55.8 Å². The lowest BCUT2D eigenvalue weighted by molar-refractivity contribution is -0.120. The molecule has 0 bridgehead atoms. The molecule has 0 radical (unpaired) electrons. The van der Waals surface area contributed by atoms with Gasteiger partial charge in [0.2, 0.25) is 5.91 Å². The number of rotatable bonds is 6. The number of amides is 1. The predicted molar refractivity (Wildman–Crippen MR) is 106 cm³/mol. The Bertz CT molecular complexity index is 941. The molecule has 144 valence electrons. The third-order valence-corrected chi connectivity index (χ3v) is 4.82. The normalized spacial score (nSPS) is 16.8. The standard InChI is InChI=1S/C21H23N5O2/c1-25-14-16(12-23-25)15-26-11-5-8-19(26)21(27)24-18-7-2-3-9-20(18)28-17-6-4-10-22-13-17/h2-4,6-7,9-10,12-14,19H,5,8,11,15H2,1H3,(H,24,27). The number of carbonyl (C=O) groups is 1. The lowest BCUT2D eigenvalue weighted by atomic mass is 10.2. The van der Waals surface area contributed by atoms with Crippen molar-refractivity contribution in [3.8, 4) is 11.5 Å². The van der Waals surface area contributed by atoms with Crippen molar-refractivity contribution in [1.82, 2.24) is 19.7 Å². The number of aromatic nitrogens is 3. The number of aryl methyl sites for hydroxylation is 1. The quantitative estimate of drug-likeness (QED) is 0.714. The average molecular weight is 377 g/mol. The van der Waals surface area contributed by atoms with Crippen LogP contribution in [0.25, 0.3) is 0 Å². The van der Waals surface area contributed by atoms with Crippen molar-refractivity contribution in [1.29, 1.82) is 0 Å². The molecule has 0 saturated carbocycles. The van der Waals surface area contributed by atoms with Gasteiger partial charge in [-0.1, -0.05) is 12.1 Å². The zero-order chi connectivity index (χ0) is 19.3. The van der Waals surface area contributed by atoms with Gasteiger partial charge in [0.05, 0.1) is 24.1 Å². The average Bonchev–Trinajstić information content (AvgIpc) is 3.33. The molecule has 3 aromatic rings. The fourth-order valence-electron chi connectivity index (χ4n) is 3.51. The number of nitrogens with one attached hydrogen (secondary N) is 1. The number of ether oxygens (including phenoxy) is 1. The van der Waals surface area contributed by atoms with Gasteiger partial charge in [-0.3, -0.25) is 19.4 Å². The number of hydrogen-bond acceptors (Lipinski definition) is 5. The molecule has 1 aromatic carbocycles. The van der Waals surface area contributed by atoms with Crippen molar-refractivity contribution < 1.29 is 9.53 Å². The number of pyridine rings is 1. The number of nitrogens with zero attached hydrogens (tertiary/aromatic N) is 4. The Balaban J connectivity index is 1.45. The van der Waals surface area contributed by atoms with Crippen molar-refractivity contribution in [3.63, 3.8) is 0 Å². The molecule has 1 aliphatic heterocycles. The van der Waals surface area contributed by atoms with E-state index in [0.717, 1.165) is 31.5 Å². The summed E-state index contributed by atoms with van der Waals surface area (Å²) in [5.74, 6) is 1.22. The number of carbonyl (C=O) groups excluding carboxylic acids is 1. The number of hydrogen-bond donors (Lipinski definition) is 1. The number of benzene rings is 1. The molecular weight excluding hydrogens is 354 g/mol. The first kappa shape index (κ1) is 18.2. The molecule has 4 rings (SSSR count). The van der Waals surface area contributed by atoms with Crippen LogP contribution >= 0.6 is 0 Å². The Morgan fingerprint density at radius 2 is 2.14 bits per heavy atom. The molecule has 3 heterocycles. The van der Waals surface area contributed by atoms with Crippen LogP contribution in [0.3, 0.4) is 0 Å². The van der Waals surface area contributed by atoms with Crippen molar-refractivity contribution in [3.05, 3.63) is 66.7 Å². The minimum absolute atomic E-state index is 0.0105. The fraction of sp³-hybridized carbons (Fsp3) is 0.286. The summed E-state index contributed by atoms with van der Waals surface area (Å²) in [4.78, 5) is 19.2. The highest BCUT2D eigenvalue weighted by molar-refractivity contribution is 5.96. The van der Waals surface area contributed by atoms with Crippen LogP contribution < -0.4 is 10.1 Å². The Kier molecular flexibility index (Phi) is 5.34. The third-order valence-electron chi connectivity index (χ3n) is 4.82. The highest BCUT2D eigenvalue weighted by atomic mass is 16.5. The molecule has 28 heavy (non-hydrogen) atoms. The lowest BCUT2D eigenvalue weighted by Gasteiger charge is -2.23. The van der Waals surface area contributed by atoms with Crippen LogP contribution in [0.1, 0.15) is 18.4 Å². The molecule has 7 heteroatoms. The fourth-order valence-corrected chi connectivity index (χ4v) is 3.51. The van der Waals surface area contributed by atoms with E-state index in [9.17, 15) is 4.79 Å². The summed E-state index contributed by atoms with van der Waals surface area (Å²) in [6.07, 6.45) is 9.03. The van der Waals surface area contributed by atoms with E-state index in [1.165, 1.54) is 0 Å². The van der Waals surface area contributed by atoms with E-state index in [0.29, 0.717) is 17.2 Å². The van der Waals surface area contributed by atoms with E-state index >= 15 is 0 Å². The Morgan fingerprint density at radius 1 is 1.25 bits per heavy atom. The van der Waals surface area contributed by atoms with E-state index in [4.69, 9.17) is 4.74 Å². The first-order chi connectivity index (χ1) is 13.7. The largest absolute Gasteiger partial charge is 0.454 e. The van der Waals surface area contributed by atoms with Gasteiger partial charge in [0.1, 0.15) is 5.75 Å². The molecule has 2 aromatic heterocycles. The van der Waals surface area contributed by atoms with Gasteiger partial charge in [0.25, 0.3) is 0 Å². The summed E-state index contributed by atoms with van der Waals surface area (Å²) in [6.45, 7) is 1.63. The van der Waals surface area contributed by atoms with Gasteiger partial charge in [-0.2, -0.15) is 5.10 Å². The number of anilines is 1. The summed E-state index contributed by atoms with van der Waals surface area (Å²) in [7, 11) is 1.90. The lowest BCUT2D eigenvalue weighted by Crippen LogP contribution is -2.39. The maximum atomic E-state index is 13.0. The Labute approximate surface area is 164 Å². The van der Waals surface area contributed by atoms with Gasteiger partial charge >= 0.3 is 0 Å². The molecular formula is C21H23N5O2. The molecule has 0 spiro atoms. The van der Waals surface area contributed by atoms with E-state index in [1.54, 1.807) is 17.1 Å². The maximum Gasteiger partial charge on any atom is 0.241 e. The second kappa shape index (κ2) is 8.22. The third kappa shape index (κ3) is 4.20.